The largest absolute Gasteiger partial charge is 0.478 e. The van der Waals surface area contributed by atoms with Crippen molar-refractivity contribution in [1.29, 1.82) is 0 Å². The number of hydrazine groups is 1. The fourth-order valence-electron chi connectivity index (χ4n) is 8.98. The molecule has 1 atom stereocenters. The zero-order chi connectivity index (χ0) is 51.6. The Morgan fingerprint density at radius 2 is 1.18 bits per heavy atom. The molecule has 7 aromatic rings. The minimum absolute atomic E-state index is 0.00282. The summed E-state index contributed by atoms with van der Waals surface area (Å²) in [5.41, 5.74) is 1.82. The van der Waals surface area contributed by atoms with Crippen LogP contribution in [0.2, 0.25) is 0 Å². The van der Waals surface area contributed by atoms with Crippen molar-refractivity contribution in [3.05, 3.63) is 166 Å². The van der Waals surface area contributed by atoms with Crippen LogP contribution in [0.1, 0.15) is 90.2 Å². The van der Waals surface area contributed by atoms with Crippen LogP contribution in [0, 0.1) is 0 Å². The number of esters is 1. The molecule has 0 bridgehead atoms. The topological polar surface area (TPSA) is 149 Å². The van der Waals surface area contributed by atoms with E-state index in [0.717, 1.165) is 70.9 Å². The number of carbonyl (C=O) groups is 3. The molecular weight excluding hydrogens is 909 g/mol. The van der Waals surface area contributed by atoms with Crippen LogP contribution in [0.5, 0.6) is 11.5 Å². The lowest BCUT2D eigenvalue weighted by molar-refractivity contribution is -0.158. The first kappa shape index (κ1) is 52.4. The van der Waals surface area contributed by atoms with Gasteiger partial charge in [-0.2, -0.15) is 10.1 Å². The fraction of sp³-hybridized carbons (Fsp3) is 0.362. The van der Waals surface area contributed by atoms with Crippen LogP contribution < -0.4 is 20.2 Å². The molecule has 0 aliphatic carbocycles. The number of hydrogen-bond donors (Lipinski definition) is 1. The highest BCUT2D eigenvalue weighted by atomic mass is 16.6. The molecule has 0 saturated carbocycles. The van der Waals surface area contributed by atoms with Gasteiger partial charge in [-0.25, -0.2) is 28.9 Å². The summed E-state index contributed by atoms with van der Waals surface area (Å²) >= 11 is 0. The highest BCUT2D eigenvalue weighted by Crippen LogP contribution is 2.32. The SMILES string of the molecule is CCOC(=O)C(C)(C)Oc1ccc(CCCC2N(CC)C(=O)N(c3ccc4ccccc4c3)N2C)cc1.CCn1c(CCCc2ccc(OC(C)(C)C(=O)O)cc2)nn(Cc2ccc3ccccc3c2)c1=O. The third-order valence-electron chi connectivity index (χ3n) is 13.0. The number of aromatic nitrogens is 3. The van der Waals surface area contributed by atoms with Gasteiger partial charge in [0.1, 0.15) is 23.5 Å². The van der Waals surface area contributed by atoms with Crippen molar-refractivity contribution in [2.45, 2.75) is 117 Å². The maximum atomic E-state index is 13.3. The Labute approximate surface area is 422 Å². The second-order valence-electron chi connectivity index (χ2n) is 19.0. The lowest BCUT2D eigenvalue weighted by Gasteiger charge is -2.28. The number of anilines is 1. The first-order valence-electron chi connectivity index (χ1n) is 24.9. The van der Waals surface area contributed by atoms with Gasteiger partial charge in [0.15, 0.2) is 11.2 Å². The van der Waals surface area contributed by atoms with E-state index in [2.05, 4.69) is 58.6 Å². The van der Waals surface area contributed by atoms with Gasteiger partial charge in [0.05, 0.1) is 18.8 Å². The summed E-state index contributed by atoms with van der Waals surface area (Å²) < 4.78 is 19.8. The van der Waals surface area contributed by atoms with Crippen molar-refractivity contribution >= 4 is 45.2 Å². The van der Waals surface area contributed by atoms with E-state index in [0.29, 0.717) is 44.2 Å². The molecule has 1 aromatic heterocycles. The molecule has 1 unspecified atom stereocenters. The number of urea groups is 1. The Bertz CT molecular complexity index is 3030. The molecule has 14 heteroatoms. The number of carboxylic acid groups (broad SMARTS) is 1. The average Bonchev–Trinajstić information content (AvgIpc) is 3.80. The Morgan fingerprint density at radius 3 is 1.75 bits per heavy atom. The average molecular weight is 977 g/mol. The number of amides is 2. The van der Waals surface area contributed by atoms with E-state index in [1.54, 1.807) is 47.2 Å². The van der Waals surface area contributed by atoms with E-state index in [1.165, 1.54) is 24.8 Å². The van der Waals surface area contributed by atoms with Gasteiger partial charge in [0.2, 0.25) is 0 Å². The summed E-state index contributed by atoms with van der Waals surface area (Å²) in [6, 6.07) is 44.1. The number of aliphatic carboxylic acids is 1. The van der Waals surface area contributed by atoms with E-state index in [1.807, 2.05) is 98.6 Å². The lowest BCUT2D eigenvalue weighted by atomic mass is 10.1. The van der Waals surface area contributed by atoms with E-state index in [9.17, 15) is 24.3 Å². The van der Waals surface area contributed by atoms with Gasteiger partial charge < -0.3 is 24.2 Å². The third kappa shape index (κ3) is 12.5. The van der Waals surface area contributed by atoms with E-state index in [-0.39, 0.29) is 23.9 Å². The summed E-state index contributed by atoms with van der Waals surface area (Å²) in [4.78, 5) is 51.5. The Kier molecular flexibility index (Phi) is 16.9. The number of carboxylic acids is 1. The van der Waals surface area contributed by atoms with E-state index < -0.39 is 17.2 Å². The Balaban J connectivity index is 0.000000212. The number of aryl methyl sites for hydroxylation is 3. The maximum absolute atomic E-state index is 13.3. The molecule has 14 nitrogen and oxygen atoms in total. The number of hydrogen-bond acceptors (Lipinski definition) is 9. The Hall–Kier alpha value is -7.45. The molecule has 1 aliphatic rings. The quantitative estimate of drug-likeness (QED) is 0.0732. The molecule has 378 valence electrons. The number of fused-ring (bicyclic) bond motifs is 2. The van der Waals surface area contributed by atoms with Crippen molar-refractivity contribution in [3.63, 3.8) is 0 Å². The van der Waals surface area contributed by atoms with Gasteiger partial charge in [0.25, 0.3) is 0 Å². The maximum Gasteiger partial charge on any atom is 0.349 e. The van der Waals surface area contributed by atoms with Gasteiger partial charge in [0, 0.05) is 26.6 Å². The minimum atomic E-state index is -1.28. The van der Waals surface area contributed by atoms with Gasteiger partial charge in [-0.15, -0.1) is 0 Å². The second-order valence-corrected chi connectivity index (χ2v) is 19.0. The monoisotopic (exact) mass is 977 g/mol. The predicted molar refractivity (Wildman–Crippen MR) is 282 cm³/mol. The van der Waals surface area contributed by atoms with Crippen LogP contribution in [-0.2, 0) is 46.7 Å². The van der Waals surface area contributed by atoms with Crippen LogP contribution >= 0.6 is 0 Å². The van der Waals surface area contributed by atoms with Crippen molar-refractivity contribution in [1.82, 2.24) is 24.3 Å². The number of nitrogens with zero attached hydrogens (tertiary/aromatic N) is 6. The first-order valence-corrected chi connectivity index (χ1v) is 24.9. The molecule has 1 saturated heterocycles. The number of rotatable bonds is 20. The van der Waals surface area contributed by atoms with Crippen molar-refractivity contribution < 1.29 is 33.7 Å². The highest BCUT2D eigenvalue weighted by molar-refractivity contribution is 5.96. The van der Waals surface area contributed by atoms with Crippen molar-refractivity contribution in [2.75, 3.05) is 25.2 Å². The van der Waals surface area contributed by atoms with Crippen LogP contribution in [0.4, 0.5) is 10.5 Å². The lowest BCUT2D eigenvalue weighted by Crippen LogP contribution is -2.40. The van der Waals surface area contributed by atoms with Gasteiger partial charge in [-0.1, -0.05) is 91.0 Å². The molecule has 2 amide bonds. The number of carbonyl (C=O) groups excluding carboxylic acids is 2. The molecule has 1 aliphatic heterocycles. The summed E-state index contributed by atoms with van der Waals surface area (Å²) in [5.74, 6) is 0.553. The zero-order valence-electron chi connectivity index (χ0n) is 42.8. The first-order chi connectivity index (χ1) is 34.5. The highest BCUT2D eigenvalue weighted by Gasteiger charge is 2.41. The number of benzene rings is 6. The molecule has 1 fully saturated rings. The van der Waals surface area contributed by atoms with Gasteiger partial charge in [-0.05, 0) is 161 Å². The van der Waals surface area contributed by atoms with E-state index in [4.69, 9.17) is 14.2 Å². The zero-order valence-corrected chi connectivity index (χ0v) is 42.8. The normalized spacial score (nSPS) is 14.1. The van der Waals surface area contributed by atoms with Crippen LogP contribution in [0.25, 0.3) is 21.5 Å². The van der Waals surface area contributed by atoms with E-state index >= 15 is 0 Å². The van der Waals surface area contributed by atoms with Gasteiger partial charge in [-0.3, -0.25) is 4.57 Å². The summed E-state index contributed by atoms with van der Waals surface area (Å²) in [5, 5.41) is 22.3. The molecule has 72 heavy (non-hydrogen) atoms. The summed E-state index contributed by atoms with van der Waals surface area (Å²) in [6.07, 6.45) is 5.02. The third-order valence-corrected chi connectivity index (χ3v) is 13.0. The Morgan fingerprint density at radius 1 is 0.639 bits per heavy atom. The molecule has 2 heterocycles. The van der Waals surface area contributed by atoms with Crippen LogP contribution in [0.3, 0.4) is 0 Å². The van der Waals surface area contributed by atoms with Crippen molar-refractivity contribution in [3.8, 4) is 11.5 Å². The smallest absolute Gasteiger partial charge is 0.349 e. The van der Waals surface area contributed by atoms with Gasteiger partial charge >= 0.3 is 23.7 Å². The molecule has 0 spiro atoms. The predicted octanol–water partition coefficient (Wildman–Crippen LogP) is 10.7. The summed E-state index contributed by atoms with van der Waals surface area (Å²) in [7, 11) is 1.99. The molecule has 1 N–H and O–H groups in total. The van der Waals surface area contributed by atoms with Crippen LogP contribution in [0.15, 0.2) is 138 Å². The summed E-state index contributed by atoms with van der Waals surface area (Å²) in [6.45, 7) is 14.2. The molecular formula is C58H68N6O8. The minimum Gasteiger partial charge on any atom is -0.478 e. The molecule has 8 rings (SSSR count). The number of ether oxygens (including phenoxy) is 3. The molecule has 0 radical (unpaired) electrons. The standard InChI is InChI=1S/C30H37N3O4.C28H31N3O4/c1-6-32-27(31(5)33(29(32)35)25-18-17-23-12-8-9-13-24(23)21-25)14-10-11-22-15-19-26(20-16-22)37-30(3,4)28(34)36-7-2;1-4-30-25(11-7-8-20-13-16-24(17-14-20)35-28(2,3)26(32)33)29-31(27(30)34)19-21-12-15-22-9-5-6-10-23(22)18-21/h8-9,12-13,15-21,27H,6-7,10-11,14H2,1-5H3;5-6,9-10,12-18H,4,7-8,11,19H2,1-3H3,(H,32,33). The van der Waals surface area contributed by atoms with Crippen LogP contribution in [-0.4, -0.2) is 84.9 Å². The fourth-order valence-corrected chi connectivity index (χ4v) is 8.98. The van der Waals surface area contributed by atoms with Crippen molar-refractivity contribution in [2.24, 2.45) is 0 Å². The molecule has 6 aromatic carbocycles. The second kappa shape index (κ2) is 23.2.